The van der Waals surface area contributed by atoms with Crippen LogP contribution in [0.15, 0.2) is 60.8 Å². The fraction of sp³-hybridized carbons (Fsp3) is 0.227. The van der Waals surface area contributed by atoms with Crippen LogP contribution in [0.2, 0.25) is 0 Å². The van der Waals surface area contributed by atoms with E-state index in [9.17, 15) is 9.59 Å². The smallest absolute Gasteiger partial charge is 0.328 e. The van der Waals surface area contributed by atoms with Crippen LogP contribution in [0.5, 0.6) is 5.88 Å². The molecule has 0 saturated heterocycles. The summed E-state index contributed by atoms with van der Waals surface area (Å²) in [6.07, 6.45) is 2.00. The van der Waals surface area contributed by atoms with E-state index in [1.54, 1.807) is 18.3 Å². The number of methoxy groups -OCH3 is 2. The number of esters is 1. The first-order valence-corrected chi connectivity index (χ1v) is 8.93. The van der Waals surface area contributed by atoms with E-state index in [0.717, 1.165) is 16.3 Å². The largest absolute Gasteiger partial charge is 0.481 e. The minimum Gasteiger partial charge on any atom is -0.481 e. The number of hydrogen-bond donors (Lipinski definition) is 1. The number of carbonyl (C=O) groups is 2. The van der Waals surface area contributed by atoms with E-state index in [1.807, 2.05) is 42.5 Å². The fourth-order valence-corrected chi connectivity index (χ4v) is 3.10. The number of hydrogen-bond acceptors (Lipinski definition) is 5. The lowest BCUT2D eigenvalue weighted by molar-refractivity contribution is -0.145. The summed E-state index contributed by atoms with van der Waals surface area (Å²) in [6.45, 7) is 0. The minimum absolute atomic E-state index is 0.169. The second-order valence-electron chi connectivity index (χ2n) is 6.38. The van der Waals surface area contributed by atoms with Gasteiger partial charge in [0.05, 0.1) is 20.6 Å². The van der Waals surface area contributed by atoms with Gasteiger partial charge in [0.25, 0.3) is 0 Å². The first-order chi connectivity index (χ1) is 13.6. The van der Waals surface area contributed by atoms with Crippen molar-refractivity contribution in [2.24, 2.45) is 0 Å². The monoisotopic (exact) mass is 378 g/mol. The van der Waals surface area contributed by atoms with Crippen LogP contribution >= 0.6 is 0 Å². The predicted molar refractivity (Wildman–Crippen MR) is 106 cm³/mol. The zero-order valence-electron chi connectivity index (χ0n) is 15.8. The predicted octanol–water partition coefficient (Wildman–Crippen LogP) is 2.69. The van der Waals surface area contributed by atoms with E-state index in [0.29, 0.717) is 11.4 Å². The summed E-state index contributed by atoms with van der Waals surface area (Å²) >= 11 is 0. The van der Waals surface area contributed by atoms with Crippen LogP contribution in [0.3, 0.4) is 0 Å². The number of nitrogens with zero attached hydrogens (tertiary/aromatic N) is 1. The molecule has 0 radical (unpaired) electrons. The molecule has 0 aliphatic heterocycles. The van der Waals surface area contributed by atoms with Crippen molar-refractivity contribution in [1.29, 1.82) is 0 Å². The van der Waals surface area contributed by atoms with Gasteiger partial charge in [-0.15, -0.1) is 0 Å². The van der Waals surface area contributed by atoms with E-state index < -0.39 is 12.0 Å². The molecule has 1 aromatic heterocycles. The molecule has 1 N–H and O–H groups in total. The number of benzene rings is 2. The number of amides is 1. The molecular formula is C22H22N2O4. The average molecular weight is 378 g/mol. The molecule has 1 heterocycles. The van der Waals surface area contributed by atoms with Gasteiger partial charge in [0.1, 0.15) is 6.04 Å². The number of nitrogens with one attached hydrogen (secondary N) is 1. The van der Waals surface area contributed by atoms with Gasteiger partial charge in [0.2, 0.25) is 11.8 Å². The molecule has 1 atom stereocenters. The molecule has 144 valence electrons. The molecule has 0 spiro atoms. The van der Waals surface area contributed by atoms with Crippen molar-refractivity contribution in [3.63, 3.8) is 0 Å². The summed E-state index contributed by atoms with van der Waals surface area (Å²) in [5, 5.41) is 4.95. The number of aromatic nitrogens is 1. The SMILES string of the molecule is COC(=O)[C@@H](Cc1cccnc1OC)NC(=O)Cc1ccc2ccccc2c1. The van der Waals surface area contributed by atoms with Crippen LogP contribution in [-0.2, 0) is 27.2 Å². The second-order valence-corrected chi connectivity index (χ2v) is 6.38. The highest BCUT2D eigenvalue weighted by atomic mass is 16.5. The van der Waals surface area contributed by atoms with Crippen LogP contribution in [0.1, 0.15) is 11.1 Å². The Labute approximate surface area is 163 Å². The molecule has 0 aliphatic rings. The number of rotatable bonds is 7. The highest BCUT2D eigenvalue weighted by molar-refractivity contribution is 5.88. The molecule has 6 nitrogen and oxygen atoms in total. The highest BCUT2D eigenvalue weighted by Crippen LogP contribution is 2.18. The van der Waals surface area contributed by atoms with Crippen LogP contribution in [0.4, 0.5) is 0 Å². The zero-order valence-corrected chi connectivity index (χ0v) is 15.8. The summed E-state index contributed by atoms with van der Waals surface area (Å²) in [7, 11) is 2.81. The molecule has 3 aromatic rings. The lowest BCUT2D eigenvalue weighted by Gasteiger charge is -2.17. The van der Waals surface area contributed by atoms with Crippen molar-refractivity contribution in [3.8, 4) is 5.88 Å². The van der Waals surface area contributed by atoms with Gasteiger partial charge in [-0.3, -0.25) is 4.79 Å². The molecule has 0 saturated carbocycles. The van der Waals surface area contributed by atoms with Crippen molar-refractivity contribution < 1.29 is 19.1 Å². The molecule has 3 rings (SSSR count). The van der Waals surface area contributed by atoms with Crippen molar-refractivity contribution in [3.05, 3.63) is 71.9 Å². The minimum atomic E-state index is -0.823. The third kappa shape index (κ3) is 4.65. The fourth-order valence-electron chi connectivity index (χ4n) is 3.10. The summed E-state index contributed by atoms with van der Waals surface area (Å²) < 4.78 is 10.1. The van der Waals surface area contributed by atoms with Gasteiger partial charge in [0, 0.05) is 18.2 Å². The van der Waals surface area contributed by atoms with Gasteiger partial charge in [-0.25, -0.2) is 9.78 Å². The van der Waals surface area contributed by atoms with E-state index in [4.69, 9.17) is 9.47 Å². The van der Waals surface area contributed by atoms with Crippen molar-refractivity contribution in [2.75, 3.05) is 14.2 Å². The first-order valence-electron chi connectivity index (χ1n) is 8.93. The van der Waals surface area contributed by atoms with Crippen LogP contribution in [0, 0.1) is 0 Å². The van der Waals surface area contributed by atoms with E-state index in [2.05, 4.69) is 10.3 Å². The van der Waals surface area contributed by atoms with Crippen LogP contribution in [-0.4, -0.2) is 37.1 Å². The average Bonchev–Trinajstić information content (AvgIpc) is 2.73. The molecular weight excluding hydrogens is 356 g/mol. The molecule has 0 bridgehead atoms. The number of carbonyl (C=O) groups excluding carboxylic acids is 2. The van der Waals surface area contributed by atoms with Gasteiger partial charge < -0.3 is 14.8 Å². The second kappa shape index (κ2) is 8.99. The Morgan fingerprint density at radius 2 is 1.82 bits per heavy atom. The van der Waals surface area contributed by atoms with Crippen molar-refractivity contribution >= 4 is 22.6 Å². The molecule has 0 unspecified atom stereocenters. The summed E-state index contributed by atoms with van der Waals surface area (Å²) in [5.41, 5.74) is 1.59. The maximum atomic E-state index is 12.6. The zero-order chi connectivity index (χ0) is 19.9. The Morgan fingerprint density at radius 1 is 1.04 bits per heavy atom. The van der Waals surface area contributed by atoms with Crippen molar-refractivity contribution in [2.45, 2.75) is 18.9 Å². The maximum Gasteiger partial charge on any atom is 0.328 e. The Balaban J connectivity index is 1.72. The lowest BCUT2D eigenvalue weighted by Crippen LogP contribution is -2.43. The van der Waals surface area contributed by atoms with Gasteiger partial charge in [-0.2, -0.15) is 0 Å². The lowest BCUT2D eigenvalue weighted by atomic mass is 10.0. The normalized spacial score (nSPS) is 11.6. The molecule has 6 heteroatoms. The quantitative estimate of drug-likeness (QED) is 0.640. The Morgan fingerprint density at radius 3 is 2.57 bits per heavy atom. The number of ether oxygens (including phenoxy) is 2. The van der Waals surface area contributed by atoms with E-state index in [-0.39, 0.29) is 18.7 Å². The van der Waals surface area contributed by atoms with E-state index >= 15 is 0 Å². The molecule has 0 fully saturated rings. The molecule has 2 aromatic carbocycles. The summed E-state index contributed by atoms with van der Waals surface area (Å²) in [6, 6.07) is 16.6. The highest BCUT2D eigenvalue weighted by Gasteiger charge is 2.23. The molecule has 1 amide bonds. The Kier molecular flexibility index (Phi) is 6.22. The summed E-state index contributed by atoms with van der Waals surface area (Å²) in [5.74, 6) is -0.355. The first kappa shape index (κ1) is 19.4. The topological polar surface area (TPSA) is 77.5 Å². The molecule has 28 heavy (non-hydrogen) atoms. The standard InChI is InChI=1S/C22H22N2O4/c1-27-21-18(8-5-11-23-21)14-19(22(26)28-2)24-20(25)13-15-9-10-16-6-3-4-7-17(16)12-15/h3-12,19H,13-14H2,1-2H3,(H,24,25)/t19-/m1/s1. The number of pyridine rings is 1. The van der Waals surface area contributed by atoms with Crippen LogP contribution in [0.25, 0.3) is 10.8 Å². The summed E-state index contributed by atoms with van der Waals surface area (Å²) in [4.78, 5) is 28.9. The Hall–Kier alpha value is -3.41. The van der Waals surface area contributed by atoms with Gasteiger partial charge in [0.15, 0.2) is 0 Å². The molecule has 0 aliphatic carbocycles. The Bertz CT molecular complexity index is 987. The third-order valence-corrected chi connectivity index (χ3v) is 4.47. The van der Waals surface area contributed by atoms with Gasteiger partial charge in [-0.1, -0.05) is 48.5 Å². The van der Waals surface area contributed by atoms with Gasteiger partial charge >= 0.3 is 5.97 Å². The van der Waals surface area contributed by atoms with Crippen molar-refractivity contribution in [1.82, 2.24) is 10.3 Å². The third-order valence-electron chi connectivity index (χ3n) is 4.47. The van der Waals surface area contributed by atoms with Gasteiger partial charge in [-0.05, 0) is 22.4 Å². The maximum absolute atomic E-state index is 12.6. The van der Waals surface area contributed by atoms with Crippen LogP contribution < -0.4 is 10.1 Å². The van der Waals surface area contributed by atoms with E-state index in [1.165, 1.54) is 14.2 Å². The number of fused-ring (bicyclic) bond motifs is 1.